The normalized spacial score (nSPS) is 7.57. The Kier molecular flexibility index (Phi) is 11.0. The maximum Gasteiger partial charge on any atom is 0.197 e. The Hall–Kier alpha value is -1.06. The topological polar surface area (TPSA) is 59.9 Å². The van der Waals surface area contributed by atoms with Gasteiger partial charge in [-0.1, -0.05) is 6.92 Å². The van der Waals surface area contributed by atoms with Crippen LogP contribution in [0.15, 0.2) is 24.8 Å². The van der Waals surface area contributed by atoms with Gasteiger partial charge in [-0.2, -0.15) is 0 Å². The van der Waals surface area contributed by atoms with E-state index in [0.717, 1.165) is 0 Å². The summed E-state index contributed by atoms with van der Waals surface area (Å²) in [5.74, 6) is -0.637. The Balaban J connectivity index is 0. The largest absolute Gasteiger partial charge is 0.291 e. The van der Waals surface area contributed by atoms with Crippen molar-refractivity contribution < 1.29 is 26.7 Å². The number of hydrogen-bond acceptors (Lipinski definition) is 4. The summed E-state index contributed by atoms with van der Waals surface area (Å²) < 4.78 is 0. The van der Waals surface area contributed by atoms with E-state index in [-0.39, 0.29) is 28.6 Å². The summed E-state index contributed by atoms with van der Waals surface area (Å²) >= 11 is 0. The van der Waals surface area contributed by atoms with Gasteiger partial charge in [-0.05, 0) is 6.07 Å². The zero-order chi connectivity index (χ0) is 10.1. The zero-order valence-corrected chi connectivity index (χ0v) is 8.97. The average Bonchev–Trinajstić information content (AvgIpc) is 2.20. The van der Waals surface area contributed by atoms with Crippen LogP contribution in [-0.4, -0.2) is 21.5 Å². The fourth-order valence-corrected chi connectivity index (χ4v) is 0.502. The van der Waals surface area contributed by atoms with Gasteiger partial charge in [0.1, 0.15) is 6.33 Å². The number of carbonyl (C=O) groups excluding carboxylic acids is 2. The molecule has 0 fully saturated rings. The van der Waals surface area contributed by atoms with Gasteiger partial charge in [0.2, 0.25) is 0 Å². The summed E-state index contributed by atoms with van der Waals surface area (Å²) in [6.07, 6.45) is 5.20. The van der Waals surface area contributed by atoms with E-state index < -0.39 is 0 Å². The molecular formula is C9H12CuN2O2. The molecule has 4 nitrogen and oxygen atoms in total. The molecule has 1 rings (SSSR count). The molecule has 0 N–H and O–H groups in total. The molecule has 0 aliphatic carbocycles. The van der Waals surface area contributed by atoms with Gasteiger partial charge in [0.05, 0.1) is 0 Å². The van der Waals surface area contributed by atoms with Crippen LogP contribution in [0.4, 0.5) is 0 Å². The molecule has 0 unspecified atom stereocenters. The molecule has 1 heterocycles. The van der Waals surface area contributed by atoms with Crippen molar-refractivity contribution >= 4 is 11.6 Å². The van der Waals surface area contributed by atoms with E-state index >= 15 is 0 Å². The minimum Gasteiger partial charge on any atom is -0.291 e. The fraction of sp³-hybridized carbons (Fsp3) is 0.333. The van der Waals surface area contributed by atoms with Crippen LogP contribution in [-0.2, 0) is 26.7 Å². The number of rotatable bonds is 2. The number of aromatic nitrogens is 2. The molecule has 0 aromatic carbocycles. The first-order valence-corrected chi connectivity index (χ1v) is 3.92. The third kappa shape index (κ3) is 9.03. The van der Waals surface area contributed by atoms with Crippen molar-refractivity contribution in [1.29, 1.82) is 0 Å². The number of Topliss-reactive ketones (excluding diaryl/α,β-unsaturated/α-hetero) is 2. The first kappa shape index (κ1) is 15.4. The van der Waals surface area contributed by atoms with Crippen molar-refractivity contribution in [2.24, 2.45) is 0 Å². The molecule has 0 atom stereocenters. The summed E-state index contributed by atoms with van der Waals surface area (Å²) in [7, 11) is 0. The van der Waals surface area contributed by atoms with Crippen LogP contribution >= 0.6 is 0 Å². The van der Waals surface area contributed by atoms with Crippen LogP contribution in [0.1, 0.15) is 20.3 Å². The maximum atomic E-state index is 10.2. The van der Waals surface area contributed by atoms with Crippen LogP contribution < -0.4 is 0 Å². The molecular weight excluding hydrogens is 232 g/mol. The van der Waals surface area contributed by atoms with Crippen molar-refractivity contribution in [3.8, 4) is 0 Å². The van der Waals surface area contributed by atoms with Crippen molar-refractivity contribution in [2.75, 3.05) is 0 Å². The average molecular weight is 244 g/mol. The number of carbonyl (C=O) groups is 2. The SMILES string of the molecule is CCC(=O)C(C)=O.[Cu].c1cncnc1. The van der Waals surface area contributed by atoms with Gasteiger partial charge >= 0.3 is 0 Å². The van der Waals surface area contributed by atoms with Gasteiger partial charge in [-0.25, -0.2) is 9.97 Å². The van der Waals surface area contributed by atoms with Gasteiger partial charge in [0.15, 0.2) is 11.6 Å². The van der Waals surface area contributed by atoms with Crippen LogP contribution in [0.2, 0.25) is 0 Å². The van der Waals surface area contributed by atoms with Gasteiger partial charge < -0.3 is 0 Å². The second-order valence-electron chi connectivity index (χ2n) is 2.24. The summed E-state index contributed by atoms with van der Waals surface area (Å²) in [6, 6.07) is 1.78. The van der Waals surface area contributed by atoms with Crippen LogP contribution in [0.25, 0.3) is 0 Å². The Morgan fingerprint density at radius 3 is 1.79 bits per heavy atom. The monoisotopic (exact) mass is 243 g/mol. The van der Waals surface area contributed by atoms with Crippen LogP contribution in [0.3, 0.4) is 0 Å². The van der Waals surface area contributed by atoms with Crippen molar-refractivity contribution in [3.63, 3.8) is 0 Å². The van der Waals surface area contributed by atoms with Crippen LogP contribution in [0.5, 0.6) is 0 Å². The molecule has 0 saturated carbocycles. The van der Waals surface area contributed by atoms with Gasteiger partial charge in [-0.3, -0.25) is 9.59 Å². The molecule has 0 bridgehead atoms. The van der Waals surface area contributed by atoms with E-state index in [1.807, 2.05) is 0 Å². The summed E-state index contributed by atoms with van der Waals surface area (Å²) in [6.45, 7) is 2.95. The third-order valence-corrected chi connectivity index (χ3v) is 1.19. The molecule has 0 aliphatic heterocycles. The van der Waals surface area contributed by atoms with Gasteiger partial charge in [0, 0.05) is 42.8 Å². The quantitative estimate of drug-likeness (QED) is 0.575. The molecule has 0 spiro atoms. The molecule has 1 aromatic rings. The molecule has 1 aromatic heterocycles. The predicted octanol–water partition coefficient (Wildman–Crippen LogP) is 1.03. The van der Waals surface area contributed by atoms with E-state index in [9.17, 15) is 9.59 Å². The molecule has 1 radical (unpaired) electrons. The second-order valence-corrected chi connectivity index (χ2v) is 2.24. The van der Waals surface area contributed by atoms with Crippen LogP contribution in [0, 0.1) is 0 Å². The fourth-order valence-electron chi connectivity index (χ4n) is 0.502. The summed E-state index contributed by atoms with van der Waals surface area (Å²) in [5, 5.41) is 0. The smallest absolute Gasteiger partial charge is 0.197 e. The Bertz CT molecular complexity index is 238. The van der Waals surface area contributed by atoms with Gasteiger partial charge in [0.25, 0.3) is 0 Å². The Labute approximate surface area is 93.6 Å². The standard InChI is InChI=1S/C5H8O2.C4H4N2.Cu/c1-3-5(7)4(2)6;1-2-5-4-6-3-1;/h3H2,1-2H3;1-4H;. The van der Waals surface area contributed by atoms with E-state index in [1.165, 1.54) is 13.3 Å². The number of nitrogens with zero attached hydrogens (tertiary/aromatic N) is 2. The third-order valence-electron chi connectivity index (χ3n) is 1.19. The zero-order valence-electron chi connectivity index (χ0n) is 8.03. The number of ketones is 2. The summed E-state index contributed by atoms with van der Waals surface area (Å²) in [4.78, 5) is 27.5. The Morgan fingerprint density at radius 1 is 1.21 bits per heavy atom. The summed E-state index contributed by atoms with van der Waals surface area (Å²) in [5.41, 5.74) is 0. The maximum absolute atomic E-state index is 10.2. The van der Waals surface area contributed by atoms with Crippen molar-refractivity contribution in [3.05, 3.63) is 24.8 Å². The minimum atomic E-state index is -0.345. The molecule has 14 heavy (non-hydrogen) atoms. The van der Waals surface area contributed by atoms with E-state index in [4.69, 9.17) is 0 Å². The predicted molar refractivity (Wildman–Crippen MR) is 48.0 cm³/mol. The van der Waals surface area contributed by atoms with E-state index in [2.05, 4.69) is 9.97 Å². The van der Waals surface area contributed by atoms with E-state index in [1.54, 1.807) is 25.4 Å². The van der Waals surface area contributed by atoms with Crippen molar-refractivity contribution in [2.45, 2.75) is 20.3 Å². The van der Waals surface area contributed by atoms with Gasteiger partial charge in [-0.15, -0.1) is 0 Å². The van der Waals surface area contributed by atoms with Crippen molar-refractivity contribution in [1.82, 2.24) is 9.97 Å². The van der Waals surface area contributed by atoms with E-state index in [0.29, 0.717) is 6.42 Å². The Morgan fingerprint density at radius 2 is 1.71 bits per heavy atom. The number of hydrogen-bond donors (Lipinski definition) is 0. The first-order chi connectivity index (χ1) is 6.18. The molecule has 81 valence electrons. The molecule has 0 amide bonds. The minimum absolute atomic E-state index is 0. The molecule has 5 heteroatoms. The molecule has 0 saturated heterocycles. The second kappa shape index (κ2) is 10.0. The first-order valence-electron chi connectivity index (χ1n) is 3.92. The molecule has 0 aliphatic rings.